The summed E-state index contributed by atoms with van der Waals surface area (Å²) in [7, 11) is 0. The first kappa shape index (κ1) is 17.8. The fourth-order valence-corrected chi connectivity index (χ4v) is 3.77. The van der Waals surface area contributed by atoms with Crippen molar-refractivity contribution in [2.24, 2.45) is 5.92 Å². The first-order chi connectivity index (χ1) is 11.9. The van der Waals surface area contributed by atoms with Gasteiger partial charge >= 0.3 is 0 Å². The van der Waals surface area contributed by atoms with E-state index in [1.165, 1.54) is 23.5 Å². The van der Waals surface area contributed by atoms with E-state index in [0.717, 1.165) is 27.6 Å². The van der Waals surface area contributed by atoms with Crippen molar-refractivity contribution in [3.63, 3.8) is 0 Å². The van der Waals surface area contributed by atoms with Crippen LogP contribution in [0.15, 0.2) is 41.3 Å². The third-order valence-electron chi connectivity index (χ3n) is 3.86. The van der Waals surface area contributed by atoms with Crippen LogP contribution in [0.4, 0.5) is 4.39 Å². The molecule has 0 unspecified atom stereocenters. The molecule has 132 valence electrons. The number of fused-ring (bicyclic) bond motifs is 1. The topological polar surface area (TPSA) is 37.6 Å². The number of nitrogens with zero attached hydrogens (tertiary/aromatic N) is 3. The average Bonchev–Trinajstić information content (AvgIpc) is 2.90. The normalized spacial score (nSPS) is 11.8. The third kappa shape index (κ3) is 4.52. The highest BCUT2D eigenvalue weighted by atomic mass is 32.1. The number of benzene rings is 1. The molecule has 0 N–H and O–H groups in total. The number of hydrogen-bond acceptors (Lipinski definition) is 4. The molecule has 0 amide bonds. The fourth-order valence-electron chi connectivity index (χ4n) is 2.92. The van der Waals surface area contributed by atoms with Gasteiger partial charge in [-0.25, -0.2) is 9.37 Å². The van der Waals surface area contributed by atoms with Crippen LogP contribution in [0.1, 0.15) is 30.0 Å². The van der Waals surface area contributed by atoms with Gasteiger partial charge in [-0.05, 0) is 30.5 Å². The van der Waals surface area contributed by atoms with Crippen molar-refractivity contribution in [2.45, 2.75) is 33.9 Å². The molecular weight excluding hydrogens is 337 g/mol. The van der Waals surface area contributed by atoms with E-state index in [1.807, 2.05) is 13.1 Å². The number of aromatic nitrogens is 2. The highest BCUT2D eigenvalue weighted by Gasteiger charge is 2.12. The molecule has 0 spiro atoms. The Labute approximate surface area is 150 Å². The molecule has 0 radical (unpaired) electrons. The van der Waals surface area contributed by atoms with E-state index in [4.69, 9.17) is 0 Å². The van der Waals surface area contributed by atoms with Gasteiger partial charge in [0, 0.05) is 36.8 Å². The molecule has 1 aromatic carbocycles. The summed E-state index contributed by atoms with van der Waals surface area (Å²) in [6, 6.07) is 8.17. The molecule has 0 bridgehead atoms. The van der Waals surface area contributed by atoms with Crippen LogP contribution in [-0.4, -0.2) is 20.8 Å². The number of halogens is 1. The van der Waals surface area contributed by atoms with E-state index >= 15 is 0 Å². The zero-order valence-corrected chi connectivity index (χ0v) is 15.5. The van der Waals surface area contributed by atoms with Gasteiger partial charge in [0.1, 0.15) is 5.82 Å². The Morgan fingerprint density at radius 3 is 2.64 bits per heavy atom. The fraction of sp³-hybridized carbons (Fsp3) is 0.368. The van der Waals surface area contributed by atoms with Crippen LogP contribution in [-0.2, 0) is 13.1 Å². The van der Waals surface area contributed by atoms with Crippen LogP contribution in [0.5, 0.6) is 0 Å². The maximum atomic E-state index is 13.1. The lowest BCUT2D eigenvalue weighted by Crippen LogP contribution is -2.28. The summed E-state index contributed by atoms with van der Waals surface area (Å²) < 4.78 is 14.7. The molecule has 2 aromatic heterocycles. The van der Waals surface area contributed by atoms with Crippen LogP contribution >= 0.6 is 11.3 Å². The largest absolute Gasteiger partial charge is 0.293 e. The number of thiazole rings is 1. The lowest BCUT2D eigenvalue weighted by molar-refractivity contribution is 0.225. The highest BCUT2D eigenvalue weighted by molar-refractivity contribution is 7.16. The molecular formula is C19H22FN3OS. The Kier molecular flexibility index (Phi) is 5.30. The molecule has 0 saturated carbocycles. The first-order valence-electron chi connectivity index (χ1n) is 8.36. The van der Waals surface area contributed by atoms with Gasteiger partial charge in [-0.3, -0.25) is 14.1 Å². The summed E-state index contributed by atoms with van der Waals surface area (Å²) in [4.78, 5) is 21.0. The summed E-state index contributed by atoms with van der Waals surface area (Å²) in [6.45, 7) is 8.46. The summed E-state index contributed by atoms with van der Waals surface area (Å²) >= 11 is 1.52. The van der Waals surface area contributed by atoms with Crippen LogP contribution in [0.3, 0.4) is 0 Å². The molecule has 25 heavy (non-hydrogen) atoms. The molecule has 4 nitrogen and oxygen atoms in total. The predicted octanol–water partition coefficient (Wildman–Crippen LogP) is 3.86. The molecule has 3 rings (SSSR count). The van der Waals surface area contributed by atoms with Crippen molar-refractivity contribution >= 4 is 16.3 Å². The van der Waals surface area contributed by atoms with Gasteiger partial charge in [0.15, 0.2) is 4.96 Å². The van der Waals surface area contributed by atoms with Gasteiger partial charge in [-0.2, -0.15) is 0 Å². The molecule has 0 aliphatic rings. The second kappa shape index (κ2) is 7.45. The van der Waals surface area contributed by atoms with E-state index in [9.17, 15) is 9.18 Å². The van der Waals surface area contributed by atoms with Gasteiger partial charge in [-0.15, -0.1) is 11.3 Å². The number of hydrogen-bond donors (Lipinski definition) is 0. The van der Waals surface area contributed by atoms with Gasteiger partial charge in [0.05, 0.1) is 5.69 Å². The molecule has 0 saturated heterocycles. The summed E-state index contributed by atoms with van der Waals surface area (Å²) in [5.74, 6) is 0.252. The molecule has 0 atom stereocenters. The summed E-state index contributed by atoms with van der Waals surface area (Å²) in [5.41, 5.74) is 1.78. The minimum Gasteiger partial charge on any atom is -0.293 e. The average molecular weight is 359 g/mol. The second-order valence-electron chi connectivity index (χ2n) is 6.77. The third-order valence-corrected chi connectivity index (χ3v) is 4.76. The molecule has 2 heterocycles. The smallest absolute Gasteiger partial charge is 0.258 e. The zero-order chi connectivity index (χ0) is 18.0. The van der Waals surface area contributed by atoms with E-state index in [2.05, 4.69) is 23.7 Å². The number of rotatable bonds is 6. The van der Waals surface area contributed by atoms with Crippen LogP contribution in [0, 0.1) is 18.7 Å². The monoisotopic (exact) mass is 359 g/mol. The molecule has 0 aliphatic carbocycles. The van der Waals surface area contributed by atoms with E-state index in [-0.39, 0.29) is 11.4 Å². The highest BCUT2D eigenvalue weighted by Crippen LogP contribution is 2.15. The Hall–Kier alpha value is -2.05. The SMILES string of the molecule is Cc1cn2c(=O)cc(CN(Cc3ccc(F)cc3)CC(C)C)nc2s1. The lowest BCUT2D eigenvalue weighted by Gasteiger charge is -2.24. The van der Waals surface area contributed by atoms with E-state index in [0.29, 0.717) is 19.0 Å². The van der Waals surface area contributed by atoms with Crippen molar-refractivity contribution in [1.29, 1.82) is 0 Å². The molecule has 6 heteroatoms. The first-order valence-corrected chi connectivity index (χ1v) is 9.18. The maximum Gasteiger partial charge on any atom is 0.258 e. The van der Waals surface area contributed by atoms with Crippen molar-refractivity contribution in [3.8, 4) is 0 Å². The van der Waals surface area contributed by atoms with Gasteiger partial charge in [0.2, 0.25) is 0 Å². The Bertz CT molecular complexity index is 915. The minimum absolute atomic E-state index is 0.0457. The molecule has 3 aromatic rings. The van der Waals surface area contributed by atoms with Gasteiger partial charge < -0.3 is 0 Å². The maximum absolute atomic E-state index is 13.1. The number of aryl methyl sites for hydroxylation is 1. The van der Waals surface area contributed by atoms with E-state index < -0.39 is 0 Å². The Morgan fingerprint density at radius 2 is 1.96 bits per heavy atom. The minimum atomic E-state index is -0.229. The summed E-state index contributed by atoms with van der Waals surface area (Å²) in [6.07, 6.45) is 1.82. The van der Waals surface area contributed by atoms with Crippen LogP contribution in [0.2, 0.25) is 0 Å². The lowest BCUT2D eigenvalue weighted by atomic mass is 10.1. The molecule has 0 aliphatic heterocycles. The van der Waals surface area contributed by atoms with Crippen LogP contribution < -0.4 is 5.56 Å². The van der Waals surface area contributed by atoms with Gasteiger partial charge in [-0.1, -0.05) is 26.0 Å². The van der Waals surface area contributed by atoms with Crippen molar-refractivity contribution < 1.29 is 4.39 Å². The molecule has 0 fully saturated rings. The van der Waals surface area contributed by atoms with Crippen molar-refractivity contribution in [3.05, 3.63) is 68.8 Å². The van der Waals surface area contributed by atoms with Gasteiger partial charge in [0.25, 0.3) is 5.56 Å². The van der Waals surface area contributed by atoms with Crippen LogP contribution in [0.25, 0.3) is 4.96 Å². The predicted molar refractivity (Wildman–Crippen MR) is 99.4 cm³/mol. The quantitative estimate of drug-likeness (QED) is 0.671. The Morgan fingerprint density at radius 1 is 1.24 bits per heavy atom. The summed E-state index contributed by atoms with van der Waals surface area (Å²) in [5, 5.41) is 0. The Balaban J connectivity index is 1.84. The standard InChI is InChI=1S/C19H22FN3OS/c1-13(2)9-22(11-15-4-6-16(20)7-5-15)12-17-8-18(24)23-10-14(3)25-19(23)21-17/h4-8,10,13H,9,11-12H2,1-3H3. The van der Waals surface area contributed by atoms with Crippen molar-refractivity contribution in [1.82, 2.24) is 14.3 Å². The van der Waals surface area contributed by atoms with Crippen molar-refractivity contribution in [2.75, 3.05) is 6.54 Å². The second-order valence-corrected chi connectivity index (χ2v) is 7.98. The zero-order valence-electron chi connectivity index (χ0n) is 14.7. The van der Waals surface area contributed by atoms with E-state index in [1.54, 1.807) is 22.6 Å².